The Morgan fingerprint density at radius 1 is 0.964 bits per heavy atom. The van der Waals surface area contributed by atoms with E-state index in [-0.39, 0.29) is 5.91 Å². The lowest BCUT2D eigenvalue weighted by Gasteiger charge is -2.17. The second kappa shape index (κ2) is 8.57. The third-order valence-corrected chi connectivity index (χ3v) is 4.81. The summed E-state index contributed by atoms with van der Waals surface area (Å²) in [6, 6.07) is 21.1. The fraction of sp³-hybridized carbons (Fsp3) is 0.217. The van der Waals surface area contributed by atoms with Gasteiger partial charge in [0.1, 0.15) is 18.1 Å². The van der Waals surface area contributed by atoms with Crippen molar-refractivity contribution in [3.63, 3.8) is 0 Å². The zero-order valence-corrected chi connectivity index (χ0v) is 15.7. The van der Waals surface area contributed by atoms with E-state index in [0.717, 1.165) is 30.1 Å². The molecule has 4 rings (SSSR count). The molecule has 3 aromatic rings. The summed E-state index contributed by atoms with van der Waals surface area (Å²) in [6.07, 6.45) is 4.21. The average molecular weight is 373 g/mol. The molecule has 5 nitrogen and oxygen atoms in total. The molecule has 5 heteroatoms. The second-order valence-corrected chi connectivity index (χ2v) is 6.85. The Kier molecular flexibility index (Phi) is 5.52. The molecule has 0 unspecified atom stereocenters. The summed E-state index contributed by atoms with van der Waals surface area (Å²) >= 11 is 0. The first-order valence-corrected chi connectivity index (χ1v) is 9.57. The van der Waals surface area contributed by atoms with E-state index >= 15 is 0 Å². The van der Waals surface area contributed by atoms with E-state index in [0.29, 0.717) is 18.0 Å². The Hall–Kier alpha value is -3.34. The molecule has 0 radical (unpaired) electrons. The van der Waals surface area contributed by atoms with Crippen LogP contribution in [0.15, 0.2) is 72.9 Å². The highest BCUT2D eigenvalue weighted by atomic mass is 16.5. The van der Waals surface area contributed by atoms with Gasteiger partial charge in [-0.15, -0.1) is 0 Å². The van der Waals surface area contributed by atoms with Gasteiger partial charge in [0.2, 0.25) is 0 Å². The van der Waals surface area contributed by atoms with Crippen LogP contribution in [0.25, 0.3) is 0 Å². The monoisotopic (exact) mass is 373 g/mol. The molecule has 1 aliphatic heterocycles. The number of anilines is 2. The second-order valence-electron chi connectivity index (χ2n) is 6.85. The molecule has 1 aromatic heterocycles. The standard InChI is InChI=1S/C23H23N3O2/c27-23(22-13-10-20(16-24-22)26-14-4-5-15-26)25-19-8-11-21(12-9-19)28-17-18-6-2-1-3-7-18/h1-3,6-13,16H,4-5,14-15,17H2,(H,25,27). The number of hydrogen-bond donors (Lipinski definition) is 1. The van der Waals surface area contributed by atoms with Crippen molar-refractivity contribution < 1.29 is 9.53 Å². The van der Waals surface area contributed by atoms with Crippen molar-refractivity contribution in [2.75, 3.05) is 23.3 Å². The Morgan fingerprint density at radius 2 is 1.71 bits per heavy atom. The van der Waals surface area contributed by atoms with E-state index in [9.17, 15) is 4.79 Å². The van der Waals surface area contributed by atoms with E-state index in [1.54, 1.807) is 12.3 Å². The first-order valence-electron chi connectivity index (χ1n) is 9.57. The van der Waals surface area contributed by atoms with Crippen molar-refractivity contribution in [2.45, 2.75) is 19.4 Å². The molecule has 142 valence electrons. The maximum Gasteiger partial charge on any atom is 0.274 e. The molecule has 0 saturated carbocycles. The fourth-order valence-electron chi connectivity index (χ4n) is 3.25. The zero-order valence-electron chi connectivity index (χ0n) is 15.7. The summed E-state index contributed by atoms with van der Waals surface area (Å²) in [6.45, 7) is 2.64. The summed E-state index contributed by atoms with van der Waals surface area (Å²) in [4.78, 5) is 19.0. The first-order chi connectivity index (χ1) is 13.8. The predicted molar refractivity (Wildman–Crippen MR) is 111 cm³/mol. The molecule has 28 heavy (non-hydrogen) atoms. The fourth-order valence-corrected chi connectivity index (χ4v) is 3.25. The van der Waals surface area contributed by atoms with Crippen LogP contribution in [-0.4, -0.2) is 24.0 Å². The molecule has 1 fully saturated rings. The average Bonchev–Trinajstić information content (AvgIpc) is 3.29. The summed E-state index contributed by atoms with van der Waals surface area (Å²) in [5.41, 5.74) is 3.31. The molecular formula is C23H23N3O2. The SMILES string of the molecule is O=C(Nc1ccc(OCc2ccccc2)cc1)c1ccc(N2CCCC2)cn1. The minimum absolute atomic E-state index is 0.217. The molecule has 2 heterocycles. The Morgan fingerprint density at radius 3 is 2.39 bits per heavy atom. The number of nitrogens with one attached hydrogen (secondary N) is 1. The maximum absolute atomic E-state index is 12.4. The summed E-state index contributed by atoms with van der Waals surface area (Å²) in [5.74, 6) is 0.542. The molecule has 1 amide bonds. The van der Waals surface area contributed by atoms with Gasteiger partial charge < -0.3 is 15.0 Å². The number of aromatic nitrogens is 1. The number of nitrogens with zero attached hydrogens (tertiary/aromatic N) is 2. The quantitative estimate of drug-likeness (QED) is 0.691. The minimum atomic E-state index is -0.217. The number of carbonyl (C=O) groups excluding carboxylic acids is 1. The van der Waals surface area contributed by atoms with Gasteiger partial charge in [-0.3, -0.25) is 4.79 Å². The van der Waals surface area contributed by atoms with E-state index < -0.39 is 0 Å². The third kappa shape index (κ3) is 4.49. The van der Waals surface area contributed by atoms with E-state index in [4.69, 9.17) is 4.74 Å². The highest BCUT2D eigenvalue weighted by molar-refractivity contribution is 6.02. The van der Waals surface area contributed by atoms with Crippen molar-refractivity contribution in [2.24, 2.45) is 0 Å². The van der Waals surface area contributed by atoms with Crippen LogP contribution in [0.1, 0.15) is 28.9 Å². The van der Waals surface area contributed by atoms with Gasteiger partial charge in [-0.1, -0.05) is 30.3 Å². The largest absolute Gasteiger partial charge is 0.489 e. The van der Waals surface area contributed by atoms with E-state index in [1.165, 1.54) is 12.8 Å². The highest BCUT2D eigenvalue weighted by Gasteiger charge is 2.14. The lowest BCUT2D eigenvalue weighted by molar-refractivity contribution is 0.102. The molecular weight excluding hydrogens is 350 g/mol. The molecule has 0 spiro atoms. The van der Waals surface area contributed by atoms with Crippen molar-refractivity contribution in [1.82, 2.24) is 4.98 Å². The maximum atomic E-state index is 12.4. The number of amides is 1. The number of carbonyl (C=O) groups is 1. The summed E-state index contributed by atoms with van der Waals surface area (Å²) in [5, 5.41) is 2.88. The smallest absolute Gasteiger partial charge is 0.274 e. The predicted octanol–water partition coefficient (Wildman–Crippen LogP) is 4.51. The third-order valence-electron chi connectivity index (χ3n) is 4.81. The van der Waals surface area contributed by atoms with Gasteiger partial charge in [0.05, 0.1) is 11.9 Å². The van der Waals surface area contributed by atoms with Crippen LogP contribution in [0.5, 0.6) is 5.75 Å². The van der Waals surface area contributed by atoms with Crippen molar-refractivity contribution in [3.8, 4) is 5.75 Å². The van der Waals surface area contributed by atoms with Gasteiger partial charge in [-0.05, 0) is 54.8 Å². The summed E-state index contributed by atoms with van der Waals surface area (Å²) in [7, 11) is 0. The Labute approximate surface area is 165 Å². The number of rotatable bonds is 6. The van der Waals surface area contributed by atoms with Crippen LogP contribution in [0, 0.1) is 0 Å². The van der Waals surface area contributed by atoms with Gasteiger partial charge >= 0.3 is 0 Å². The van der Waals surface area contributed by atoms with Gasteiger partial charge in [0, 0.05) is 18.8 Å². The summed E-state index contributed by atoms with van der Waals surface area (Å²) < 4.78 is 5.77. The van der Waals surface area contributed by atoms with Crippen molar-refractivity contribution >= 4 is 17.3 Å². The van der Waals surface area contributed by atoms with Crippen LogP contribution in [0.3, 0.4) is 0 Å². The number of pyridine rings is 1. The number of hydrogen-bond acceptors (Lipinski definition) is 4. The molecule has 0 bridgehead atoms. The van der Waals surface area contributed by atoms with Crippen LogP contribution >= 0.6 is 0 Å². The number of benzene rings is 2. The van der Waals surface area contributed by atoms with Gasteiger partial charge in [-0.2, -0.15) is 0 Å². The molecule has 0 aliphatic carbocycles. The molecule has 0 atom stereocenters. The lowest BCUT2D eigenvalue weighted by Crippen LogP contribution is -2.19. The Bertz CT molecular complexity index is 903. The highest BCUT2D eigenvalue weighted by Crippen LogP contribution is 2.20. The lowest BCUT2D eigenvalue weighted by atomic mass is 10.2. The van der Waals surface area contributed by atoms with Crippen LogP contribution in [0.2, 0.25) is 0 Å². The van der Waals surface area contributed by atoms with E-state index in [1.807, 2.05) is 60.7 Å². The number of ether oxygens (including phenoxy) is 1. The molecule has 2 aromatic carbocycles. The Balaban J connectivity index is 1.32. The van der Waals surface area contributed by atoms with Gasteiger partial charge in [0.15, 0.2) is 0 Å². The van der Waals surface area contributed by atoms with Crippen LogP contribution in [0.4, 0.5) is 11.4 Å². The molecule has 1 saturated heterocycles. The van der Waals surface area contributed by atoms with Gasteiger partial charge in [-0.25, -0.2) is 4.98 Å². The first kappa shape index (κ1) is 18.0. The minimum Gasteiger partial charge on any atom is -0.489 e. The van der Waals surface area contributed by atoms with Crippen LogP contribution in [-0.2, 0) is 6.61 Å². The molecule has 1 aliphatic rings. The van der Waals surface area contributed by atoms with Crippen molar-refractivity contribution in [3.05, 3.63) is 84.2 Å². The van der Waals surface area contributed by atoms with Crippen molar-refractivity contribution in [1.29, 1.82) is 0 Å². The zero-order chi connectivity index (χ0) is 19.2. The normalized spacial score (nSPS) is 13.4. The van der Waals surface area contributed by atoms with E-state index in [2.05, 4.69) is 15.2 Å². The molecule has 1 N–H and O–H groups in total. The van der Waals surface area contributed by atoms with Gasteiger partial charge in [0.25, 0.3) is 5.91 Å². The van der Waals surface area contributed by atoms with Crippen LogP contribution < -0.4 is 15.0 Å². The topological polar surface area (TPSA) is 54.5 Å².